The minimum Gasteiger partial charge on any atom is -0.465 e. The van der Waals surface area contributed by atoms with Crippen LogP contribution in [0.4, 0.5) is 4.79 Å². The Hall–Kier alpha value is -2.82. The van der Waals surface area contributed by atoms with Crippen LogP contribution in [0, 0.1) is 0 Å². The minimum atomic E-state index is -0.913. The smallest absolute Gasteiger partial charge is 0.407 e. The van der Waals surface area contributed by atoms with Crippen LogP contribution in [0.2, 0.25) is 0 Å². The second-order valence-corrected chi connectivity index (χ2v) is 5.77. The summed E-state index contributed by atoms with van der Waals surface area (Å²) in [5.74, 6) is 0. The summed E-state index contributed by atoms with van der Waals surface area (Å²) < 4.78 is 0. The molecule has 0 aliphatic carbocycles. The van der Waals surface area contributed by atoms with Crippen LogP contribution in [0.3, 0.4) is 0 Å². The van der Waals surface area contributed by atoms with Gasteiger partial charge < -0.3 is 9.94 Å². The first-order chi connectivity index (χ1) is 11.7. The van der Waals surface area contributed by atoms with Crippen molar-refractivity contribution in [3.63, 3.8) is 0 Å². The van der Waals surface area contributed by atoms with Crippen molar-refractivity contribution >= 4 is 11.8 Å². The van der Waals surface area contributed by atoms with Gasteiger partial charge >= 0.3 is 6.09 Å². The molecule has 2 aromatic rings. The van der Waals surface area contributed by atoms with Crippen molar-refractivity contribution in [2.45, 2.75) is 25.5 Å². The number of carboxylic acid groups (broad SMARTS) is 1. The van der Waals surface area contributed by atoms with Gasteiger partial charge in [0.15, 0.2) is 0 Å². The van der Waals surface area contributed by atoms with E-state index in [0.717, 1.165) is 16.8 Å². The Morgan fingerprint density at radius 3 is 2.33 bits per heavy atom. The van der Waals surface area contributed by atoms with Crippen LogP contribution in [-0.4, -0.2) is 34.4 Å². The minimum absolute atomic E-state index is 0.263. The Morgan fingerprint density at radius 2 is 1.71 bits per heavy atom. The van der Waals surface area contributed by atoms with Crippen LogP contribution >= 0.6 is 0 Å². The van der Waals surface area contributed by atoms with Gasteiger partial charge in [0, 0.05) is 13.0 Å². The Bertz CT molecular complexity index is 701. The molecule has 2 aromatic carbocycles. The summed E-state index contributed by atoms with van der Waals surface area (Å²) in [7, 11) is 0. The molecule has 1 unspecified atom stereocenters. The lowest BCUT2D eigenvalue weighted by atomic mass is 10.0. The zero-order chi connectivity index (χ0) is 16.8. The second kappa shape index (κ2) is 7.64. The zero-order valence-electron chi connectivity index (χ0n) is 13.3. The summed E-state index contributed by atoms with van der Waals surface area (Å²) in [4.78, 5) is 18.4. The molecule has 1 atom stereocenters. The van der Waals surface area contributed by atoms with Crippen LogP contribution in [0.1, 0.15) is 17.5 Å². The van der Waals surface area contributed by atoms with Crippen molar-refractivity contribution in [2.24, 2.45) is 5.16 Å². The summed E-state index contributed by atoms with van der Waals surface area (Å²) >= 11 is 0. The molecule has 5 nitrogen and oxygen atoms in total. The lowest BCUT2D eigenvalue weighted by Crippen LogP contribution is -2.38. The molecule has 1 aliphatic heterocycles. The molecule has 3 rings (SSSR count). The second-order valence-electron chi connectivity index (χ2n) is 5.77. The average molecular weight is 324 g/mol. The SMILES string of the molecule is O=C(O)N1CCC(=NOCc2ccccc2)C1Cc1ccccc1. The van der Waals surface area contributed by atoms with Gasteiger partial charge in [-0.15, -0.1) is 0 Å². The topological polar surface area (TPSA) is 62.1 Å². The molecule has 1 saturated heterocycles. The van der Waals surface area contributed by atoms with Gasteiger partial charge in [0.2, 0.25) is 0 Å². The fraction of sp³-hybridized carbons (Fsp3) is 0.263. The van der Waals surface area contributed by atoms with E-state index in [4.69, 9.17) is 4.84 Å². The Balaban J connectivity index is 1.70. The van der Waals surface area contributed by atoms with Gasteiger partial charge in [-0.05, 0) is 17.5 Å². The number of hydrogen-bond acceptors (Lipinski definition) is 3. The molecule has 1 fully saturated rings. The fourth-order valence-corrected chi connectivity index (χ4v) is 2.90. The molecule has 1 heterocycles. The highest BCUT2D eigenvalue weighted by molar-refractivity contribution is 5.94. The van der Waals surface area contributed by atoms with E-state index in [2.05, 4.69) is 5.16 Å². The molecule has 0 bridgehead atoms. The van der Waals surface area contributed by atoms with E-state index in [9.17, 15) is 9.90 Å². The maximum atomic E-state index is 11.5. The van der Waals surface area contributed by atoms with E-state index in [-0.39, 0.29) is 6.04 Å². The number of benzene rings is 2. The third-order valence-corrected chi connectivity index (χ3v) is 4.14. The van der Waals surface area contributed by atoms with Crippen molar-refractivity contribution in [3.8, 4) is 0 Å². The number of hydrogen-bond donors (Lipinski definition) is 1. The molecule has 1 amide bonds. The molecular weight excluding hydrogens is 304 g/mol. The van der Waals surface area contributed by atoms with E-state index < -0.39 is 6.09 Å². The summed E-state index contributed by atoms with van der Waals surface area (Å²) in [6, 6.07) is 19.4. The van der Waals surface area contributed by atoms with Gasteiger partial charge in [0.05, 0.1) is 11.8 Å². The Kier molecular flexibility index (Phi) is 5.11. The predicted molar refractivity (Wildman–Crippen MR) is 91.9 cm³/mol. The summed E-state index contributed by atoms with van der Waals surface area (Å²) in [6.07, 6.45) is 0.309. The molecule has 5 heteroatoms. The van der Waals surface area contributed by atoms with Crippen molar-refractivity contribution in [1.29, 1.82) is 0 Å². The molecule has 0 saturated carbocycles. The van der Waals surface area contributed by atoms with E-state index in [1.807, 2.05) is 60.7 Å². The number of oxime groups is 1. The lowest BCUT2D eigenvalue weighted by molar-refractivity contribution is 0.126. The van der Waals surface area contributed by atoms with Crippen molar-refractivity contribution < 1.29 is 14.7 Å². The number of likely N-dealkylation sites (tertiary alicyclic amines) is 1. The number of nitrogens with zero attached hydrogens (tertiary/aromatic N) is 2. The van der Waals surface area contributed by atoms with Gasteiger partial charge in [-0.2, -0.15) is 0 Å². The molecule has 1 aliphatic rings. The van der Waals surface area contributed by atoms with Crippen LogP contribution in [0.15, 0.2) is 65.8 Å². The van der Waals surface area contributed by atoms with Crippen LogP contribution in [0.5, 0.6) is 0 Å². The zero-order valence-corrected chi connectivity index (χ0v) is 13.3. The molecule has 24 heavy (non-hydrogen) atoms. The first-order valence-corrected chi connectivity index (χ1v) is 8.00. The third-order valence-electron chi connectivity index (χ3n) is 4.14. The highest BCUT2D eigenvalue weighted by Crippen LogP contribution is 2.20. The third kappa shape index (κ3) is 3.93. The highest BCUT2D eigenvalue weighted by atomic mass is 16.6. The fourth-order valence-electron chi connectivity index (χ4n) is 2.90. The Morgan fingerprint density at radius 1 is 1.08 bits per heavy atom. The lowest BCUT2D eigenvalue weighted by Gasteiger charge is -2.21. The molecule has 124 valence electrons. The standard InChI is InChI=1S/C19H20N2O3/c22-19(23)21-12-11-17(18(21)13-15-7-3-1-4-8-15)20-24-14-16-9-5-2-6-10-16/h1-10,18H,11-14H2,(H,22,23). The maximum absolute atomic E-state index is 11.5. The summed E-state index contributed by atoms with van der Waals surface area (Å²) in [5.41, 5.74) is 2.91. The van der Waals surface area contributed by atoms with Gasteiger partial charge in [-0.1, -0.05) is 65.8 Å². The van der Waals surface area contributed by atoms with E-state index >= 15 is 0 Å². The first-order valence-electron chi connectivity index (χ1n) is 8.00. The first kappa shape index (κ1) is 16.1. The van der Waals surface area contributed by atoms with Crippen LogP contribution in [-0.2, 0) is 17.9 Å². The van der Waals surface area contributed by atoms with Crippen molar-refractivity contribution in [3.05, 3.63) is 71.8 Å². The van der Waals surface area contributed by atoms with E-state index in [1.165, 1.54) is 4.90 Å². The predicted octanol–water partition coefficient (Wildman–Crippen LogP) is 3.55. The van der Waals surface area contributed by atoms with Gasteiger partial charge in [-0.3, -0.25) is 4.90 Å². The number of carbonyl (C=O) groups is 1. The quantitative estimate of drug-likeness (QED) is 0.856. The van der Waals surface area contributed by atoms with E-state index in [1.54, 1.807) is 0 Å². The number of amides is 1. The molecule has 0 aromatic heterocycles. The van der Waals surface area contributed by atoms with Gasteiger partial charge in [0.25, 0.3) is 0 Å². The highest BCUT2D eigenvalue weighted by Gasteiger charge is 2.34. The van der Waals surface area contributed by atoms with Crippen LogP contribution in [0.25, 0.3) is 0 Å². The normalized spacial score (nSPS) is 18.8. The largest absolute Gasteiger partial charge is 0.465 e. The molecule has 0 spiro atoms. The van der Waals surface area contributed by atoms with Crippen molar-refractivity contribution in [1.82, 2.24) is 4.90 Å². The number of rotatable bonds is 5. The average Bonchev–Trinajstić information content (AvgIpc) is 3.00. The Labute approximate surface area is 141 Å². The molecular formula is C19H20N2O3. The van der Waals surface area contributed by atoms with Crippen LogP contribution < -0.4 is 0 Å². The monoisotopic (exact) mass is 324 g/mol. The van der Waals surface area contributed by atoms with Crippen molar-refractivity contribution in [2.75, 3.05) is 6.54 Å². The summed E-state index contributed by atoms with van der Waals surface area (Å²) in [6.45, 7) is 0.843. The maximum Gasteiger partial charge on any atom is 0.407 e. The molecule has 0 radical (unpaired) electrons. The van der Waals surface area contributed by atoms with E-state index in [0.29, 0.717) is 26.0 Å². The summed E-state index contributed by atoms with van der Waals surface area (Å²) in [5, 5.41) is 13.7. The van der Waals surface area contributed by atoms with Gasteiger partial charge in [-0.25, -0.2) is 4.79 Å². The molecule has 1 N–H and O–H groups in total. The van der Waals surface area contributed by atoms with Gasteiger partial charge in [0.1, 0.15) is 6.61 Å².